The molecule has 6 N–H and O–H groups in total. The van der Waals surface area contributed by atoms with E-state index in [4.69, 9.17) is 10.8 Å². The van der Waals surface area contributed by atoms with Crippen LogP contribution in [0.2, 0.25) is 0 Å². The number of aromatic nitrogens is 4. The predicted molar refractivity (Wildman–Crippen MR) is 124 cm³/mol. The van der Waals surface area contributed by atoms with Crippen LogP contribution in [0, 0.1) is 0 Å². The lowest BCUT2D eigenvalue weighted by atomic mass is 10.1. The molecule has 10 nitrogen and oxygen atoms in total. The van der Waals surface area contributed by atoms with Crippen molar-refractivity contribution < 1.29 is 23.1 Å². The summed E-state index contributed by atoms with van der Waals surface area (Å²) in [5.41, 5.74) is 8.38. The highest BCUT2D eigenvalue weighted by molar-refractivity contribution is 5.99. The number of anilines is 3. The number of nitrogens with zero attached hydrogens (tertiary/aromatic N) is 4. The number of amides is 2. The van der Waals surface area contributed by atoms with Gasteiger partial charge in [-0.15, -0.1) is 0 Å². The van der Waals surface area contributed by atoms with Crippen molar-refractivity contribution in [1.82, 2.24) is 24.9 Å². The van der Waals surface area contributed by atoms with Crippen molar-refractivity contribution in [3.63, 3.8) is 0 Å². The molecule has 3 heterocycles. The molecule has 0 aliphatic heterocycles. The second-order valence-electron chi connectivity index (χ2n) is 7.42. The van der Waals surface area contributed by atoms with Crippen LogP contribution >= 0.6 is 0 Å². The molecule has 0 saturated carbocycles. The fourth-order valence-corrected chi connectivity index (χ4v) is 3.45. The number of alkyl halides is 3. The molecule has 2 amide bonds. The van der Waals surface area contributed by atoms with Gasteiger partial charge in [0.25, 0.3) is 0 Å². The molecule has 13 heteroatoms. The minimum atomic E-state index is -4.61. The molecule has 4 rings (SSSR count). The first-order valence-corrected chi connectivity index (χ1v) is 10.4. The van der Waals surface area contributed by atoms with Crippen molar-refractivity contribution in [2.75, 3.05) is 29.5 Å². The number of hydrogen-bond donors (Lipinski definition) is 5. The third-order valence-corrected chi connectivity index (χ3v) is 4.99. The summed E-state index contributed by atoms with van der Waals surface area (Å²) in [6.07, 6.45) is -3.26. The summed E-state index contributed by atoms with van der Waals surface area (Å²) in [4.78, 5) is 19.7. The molecule has 3 aromatic heterocycles. The zero-order valence-electron chi connectivity index (χ0n) is 18.2. The van der Waals surface area contributed by atoms with E-state index in [-0.39, 0.29) is 12.4 Å². The highest BCUT2D eigenvalue weighted by Crippen LogP contribution is 2.31. The average molecular weight is 486 g/mol. The second kappa shape index (κ2) is 9.95. The number of urea groups is 1. The monoisotopic (exact) mass is 486 g/mol. The fraction of sp³-hybridized carbons (Fsp3) is 0.182. The summed E-state index contributed by atoms with van der Waals surface area (Å²) in [7, 11) is 0. The largest absolute Gasteiger partial charge is 0.433 e. The Labute approximate surface area is 197 Å². The zero-order chi connectivity index (χ0) is 25.0. The van der Waals surface area contributed by atoms with E-state index >= 15 is 0 Å². The molecular formula is C22H21F3N8O2. The lowest BCUT2D eigenvalue weighted by Crippen LogP contribution is -2.21. The van der Waals surface area contributed by atoms with Gasteiger partial charge in [0.05, 0.1) is 12.3 Å². The number of carbonyl (C=O) groups is 1. The van der Waals surface area contributed by atoms with Gasteiger partial charge in [0.15, 0.2) is 5.82 Å². The SMILES string of the molecule is Nc1ncnn2c(CNCCO)cc(-c3ccc(NC(=O)Nc4cccc(C(F)(F)F)n4)cc3)c12. The standard InChI is InChI=1S/C22H21F3N8O2/c23-22(24,25)17-2-1-3-18(31-17)32-21(35)30-14-6-4-13(5-7-14)16-10-15(11-27-8-9-34)33-19(16)20(26)28-12-29-33/h1-7,10,12,27,34H,8-9,11H2,(H2,26,28,29)(H2,30,31,32,35). The van der Waals surface area contributed by atoms with Crippen LogP contribution in [0.4, 0.5) is 35.3 Å². The Hall–Kier alpha value is -4.23. The summed E-state index contributed by atoms with van der Waals surface area (Å²) >= 11 is 0. The summed E-state index contributed by atoms with van der Waals surface area (Å²) in [5, 5.41) is 21.2. The van der Waals surface area contributed by atoms with Crippen molar-refractivity contribution in [2.24, 2.45) is 0 Å². The normalized spacial score (nSPS) is 11.5. The number of carbonyl (C=O) groups excluding carboxylic acids is 1. The topological polar surface area (TPSA) is 142 Å². The number of benzene rings is 1. The van der Waals surface area contributed by atoms with Crippen LogP contribution in [0.15, 0.2) is 54.9 Å². The molecule has 182 valence electrons. The zero-order valence-corrected chi connectivity index (χ0v) is 18.2. The van der Waals surface area contributed by atoms with E-state index in [0.717, 1.165) is 29.0 Å². The van der Waals surface area contributed by atoms with Crippen LogP contribution in [0.3, 0.4) is 0 Å². The fourth-order valence-electron chi connectivity index (χ4n) is 3.45. The van der Waals surface area contributed by atoms with Crippen molar-refractivity contribution in [1.29, 1.82) is 0 Å². The van der Waals surface area contributed by atoms with Gasteiger partial charge in [-0.05, 0) is 35.9 Å². The third kappa shape index (κ3) is 5.47. The maximum Gasteiger partial charge on any atom is 0.433 e. The van der Waals surface area contributed by atoms with Gasteiger partial charge in [0.2, 0.25) is 0 Å². The maximum atomic E-state index is 12.8. The average Bonchev–Trinajstić information content (AvgIpc) is 3.19. The van der Waals surface area contributed by atoms with Crippen LogP contribution in [0.5, 0.6) is 0 Å². The van der Waals surface area contributed by atoms with Crippen LogP contribution in [-0.2, 0) is 12.7 Å². The summed E-state index contributed by atoms with van der Waals surface area (Å²) < 4.78 is 40.1. The first kappa shape index (κ1) is 23.9. The Morgan fingerprint density at radius 3 is 2.60 bits per heavy atom. The van der Waals surface area contributed by atoms with Gasteiger partial charge in [0.1, 0.15) is 23.4 Å². The van der Waals surface area contributed by atoms with Gasteiger partial charge >= 0.3 is 12.2 Å². The summed E-state index contributed by atoms with van der Waals surface area (Å²) in [6, 6.07) is 11.2. The van der Waals surface area contributed by atoms with Crippen molar-refractivity contribution in [3.8, 4) is 11.1 Å². The molecule has 4 aromatic rings. The van der Waals surface area contributed by atoms with Gasteiger partial charge in [-0.3, -0.25) is 5.32 Å². The maximum absolute atomic E-state index is 12.8. The van der Waals surface area contributed by atoms with E-state index < -0.39 is 17.9 Å². The summed E-state index contributed by atoms with van der Waals surface area (Å²) in [5.74, 6) is 0.0608. The predicted octanol–water partition coefficient (Wildman–Crippen LogP) is 3.12. The third-order valence-electron chi connectivity index (χ3n) is 4.99. The van der Waals surface area contributed by atoms with E-state index in [2.05, 4.69) is 31.0 Å². The number of nitrogen functional groups attached to an aromatic ring is 1. The second-order valence-corrected chi connectivity index (χ2v) is 7.42. The Bertz CT molecular complexity index is 1340. The minimum Gasteiger partial charge on any atom is -0.395 e. The Kier molecular flexibility index (Phi) is 6.80. The lowest BCUT2D eigenvalue weighted by molar-refractivity contribution is -0.141. The molecule has 0 fully saturated rings. The van der Waals surface area contributed by atoms with Gasteiger partial charge in [0, 0.05) is 24.3 Å². The molecule has 0 aliphatic rings. The smallest absolute Gasteiger partial charge is 0.395 e. The molecule has 1 aromatic carbocycles. The van der Waals surface area contributed by atoms with E-state index in [1.807, 2.05) is 6.07 Å². The minimum absolute atomic E-state index is 0.000839. The van der Waals surface area contributed by atoms with E-state index in [1.165, 1.54) is 12.4 Å². The first-order chi connectivity index (χ1) is 16.8. The van der Waals surface area contributed by atoms with Crippen molar-refractivity contribution in [3.05, 3.63) is 66.2 Å². The molecule has 0 unspecified atom stereocenters. The Morgan fingerprint density at radius 2 is 1.89 bits per heavy atom. The number of fused-ring (bicyclic) bond motifs is 1. The molecule has 0 radical (unpaired) electrons. The van der Waals surface area contributed by atoms with Gasteiger partial charge in [-0.25, -0.2) is 19.3 Å². The highest BCUT2D eigenvalue weighted by Gasteiger charge is 2.32. The molecular weight excluding hydrogens is 465 g/mol. The lowest BCUT2D eigenvalue weighted by Gasteiger charge is -2.10. The number of nitrogens with two attached hydrogens (primary N) is 1. The van der Waals surface area contributed by atoms with Crippen LogP contribution in [0.1, 0.15) is 11.4 Å². The highest BCUT2D eigenvalue weighted by atomic mass is 19.4. The molecule has 0 saturated heterocycles. The van der Waals surface area contributed by atoms with Crippen LogP contribution in [-0.4, -0.2) is 43.9 Å². The molecule has 0 atom stereocenters. The number of pyridine rings is 1. The van der Waals surface area contributed by atoms with E-state index in [1.54, 1.807) is 28.8 Å². The Balaban J connectivity index is 1.51. The number of hydrogen-bond acceptors (Lipinski definition) is 7. The Morgan fingerprint density at radius 1 is 1.11 bits per heavy atom. The van der Waals surface area contributed by atoms with Crippen molar-refractivity contribution in [2.45, 2.75) is 12.7 Å². The van der Waals surface area contributed by atoms with Gasteiger partial charge in [-0.1, -0.05) is 18.2 Å². The number of rotatable bonds is 7. The van der Waals surface area contributed by atoms with E-state index in [0.29, 0.717) is 30.1 Å². The number of halogens is 3. The number of aliphatic hydroxyl groups excluding tert-OH is 1. The molecule has 0 aliphatic carbocycles. The van der Waals surface area contributed by atoms with Gasteiger partial charge < -0.3 is 21.5 Å². The van der Waals surface area contributed by atoms with E-state index in [9.17, 15) is 18.0 Å². The van der Waals surface area contributed by atoms with Crippen molar-refractivity contribution >= 4 is 28.9 Å². The molecule has 0 spiro atoms. The number of aliphatic hydroxyl groups is 1. The molecule has 35 heavy (non-hydrogen) atoms. The first-order valence-electron chi connectivity index (χ1n) is 10.4. The molecule has 0 bridgehead atoms. The van der Waals surface area contributed by atoms with Crippen LogP contribution < -0.4 is 21.7 Å². The summed E-state index contributed by atoms with van der Waals surface area (Å²) in [6.45, 7) is 0.863. The number of nitrogens with one attached hydrogen (secondary N) is 3. The van der Waals surface area contributed by atoms with Crippen LogP contribution in [0.25, 0.3) is 16.6 Å². The quantitative estimate of drug-likeness (QED) is 0.253. The van der Waals surface area contributed by atoms with Gasteiger partial charge in [-0.2, -0.15) is 18.3 Å².